The van der Waals surface area contributed by atoms with Gasteiger partial charge in [-0.25, -0.2) is 12.8 Å². The lowest BCUT2D eigenvalue weighted by molar-refractivity contribution is 0.414. The van der Waals surface area contributed by atoms with Gasteiger partial charge in [0.05, 0.1) is 17.8 Å². The molecule has 0 radical (unpaired) electrons. The topological polar surface area (TPSA) is 69.4 Å². The lowest BCUT2D eigenvalue weighted by Gasteiger charge is -2.08. The Balaban J connectivity index is 2.28. The molecule has 0 bridgehead atoms. The number of ether oxygens (including phenoxy) is 1. The number of sulfone groups is 1. The van der Waals surface area contributed by atoms with E-state index in [1.54, 1.807) is 18.2 Å². The van der Waals surface area contributed by atoms with Gasteiger partial charge in [0, 0.05) is 12.1 Å². The minimum absolute atomic E-state index is 0.128. The van der Waals surface area contributed by atoms with Gasteiger partial charge in [-0.3, -0.25) is 0 Å². The zero-order valence-electron chi connectivity index (χ0n) is 11.5. The van der Waals surface area contributed by atoms with Gasteiger partial charge in [-0.2, -0.15) is 0 Å². The van der Waals surface area contributed by atoms with E-state index in [2.05, 4.69) is 0 Å². The predicted octanol–water partition coefficient (Wildman–Crippen LogP) is 2.27. The van der Waals surface area contributed by atoms with Crippen molar-refractivity contribution in [3.05, 3.63) is 59.4 Å². The number of rotatable bonds is 5. The van der Waals surface area contributed by atoms with Crippen LogP contribution in [0.1, 0.15) is 11.1 Å². The van der Waals surface area contributed by atoms with Crippen LogP contribution < -0.4 is 10.5 Å². The van der Waals surface area contributed by atoms with E-state index in [0.717, 1.165) is 0 Å². The van der Waals surface area contributed by atoms with Crippen molar-refractivity contribution in [1.82, 2.24) is 0 Å². The molecule has 4 nitrogen and oxygen atoms in total. The van der Waals surface area contributed by atoms with Crippen molar-refractivity contribution >= 4 is 9.84 Å². The molecule has 6 heteroatoms. The van der Waals surface area contributed by atoms with Gasteiger partial charge >= 0.3 is 0 Å². The first-order chi connectivity index (χ1) is 9.96. The molecule has 0 fully saturated rings. The van der Waals surface area contributed by atoms with Crippen molar-refractivity contribution in [1.29, 1.82) is 0 Å². The summed E-state index contributed by atoms with van der Waals surface area (Å²) >= 11 is 0. The zero-order valence-corrected chi connectivity index (χ0v) is 12.4. The molecule has 0 atom stereocenters. The summed E-state index contributed by atoms with van der Waals surface area (Å²) in [6, 6.07) is 10.3. The van der Waals surface area contributed by atoms with E-state index in [9.17, 15) is 12.8 Å². The van der Waals surface area contributed by atoms with Crippen LogP contribution in [-0.2, 0) is 22.1 Å². The van der Waals surface area contributed by atoms with Crippen LogP contribution in [0.25, 0.3) is 0 Å². The maximum atomic E-state index is 13.9. The van der Waals surface area contributed by atoms with Crippen molar-refractivity contribution in [3.63, 3.8) is 0 Å². The maximum absolute atomic E-state index is 13.9. The van der Waals surface area contributed by atoms with Gasteiger partial charge in [0.15, 0.2) is 9.84 Å². The summed E-state index contributed by atoms with van der Waals surface area (Å²) in [5.74, 6) is -0.391. The molecule has 0 aliphatic rings. The van der Waals surface area contributed by atoms with Gasteiger partial charge in [0.2, 0.25) is 0 Å². The Morgan fingerprint density at radius 2 is 1.81 bits per heavy atom. The van der Waals surface area contributed by atoms with Crippen LogP contribution in [0.2, 0.25) is 0 Å². The van der Waals surface area contributed by atoms with Gasteiger partial charge in [0.1, 0.15) is 11.6 Å². The first-order valence-electron chi connectivity index (χ1n) is 6.30. The number of hydrogen-bond donors (Lipinski definition) is 1. The first-order valence-corrected chi connectivity index (χ1v) is 7.95. The van der Waals surface area contributed by atoms with Crippen LogP contribution in [-0.4, -0.2) is 15.5 Å². The summed E-state index contributed by atoms with van der Waals surface area (Å²) < 4.78 is 43.4. The summed E-state index contributed by atoms with van der Waals surface area (Å²) in [5.41, 5.74) is 6.17. The molecule has 0 aliphatic heterocycles. The molecule has 0 heterocycles. The monoisotopic (exact) mass is 309 g/mol. The van der Waals surface area contributed by atoms with Gasteiger partial charge in [0.25, 0.3) is 0 Å². The Labute approximate surface area is 123 Å². The van der Waals surface area contributed by atoms with Crippen molar-refractivity contribution < 1.29 is 17.5 Å². The molecule has 2 N–H and O–H groups in total. The van der Waals surface area contributed by atoms with E-state index in [0.29, 0.717) is 11.3 Å². The summed E-state index contributed by atoms with van der Waals surface area (Å²) in [6.45, 7) is 0.211. The van der Waals surface area contributed by atoms with E-state index < -0.39 is 21.4 Å². The third kappa shape index (κ3) is 3.59. The number of nitrogens with two attached hydrogens (primary N) is 1. The molecule has 112 valence electrons. The van der Waals surface area contributed by atoms with Crippen molar-refractivity contribution in [2.24, 2.45) is 5.73 Å². The normalized spacial score (nSPS) is 11.4. The first kappa shape index (κ1) is 15.5. The largest absolute Gasteiger partial charge is 0.497 e. The molecule has 0 saturated heterocycles. The lowest BCUT2D eigenvalue weighted by atomic mass is 10.1. The molecule has 2 aromatic carbocycles. The Bertz CT molecular complexity index is 727. The van der Waals surface area contributed by atoms with Gasteiger partial charge in [-0.1, -0.05) is 12.1 Å². The molecule has 21 heavy (non-hydrogen) atoms. The van der Waals surface area contributed by atoms with E-state index in [1.165, 1.54) is 31.4 Å². The van der Waals surface area contributed by atoms with E-state index in [-0.39, 0.29) is 17.0 Å². The number of hydrogen-bond acceptors (Lipinski definition) is 4. The number of benzene rings is 2. The molecular weight excluding hydrogens is 293 g/mol. The van der Waals surface area contributed by atoms with Gasteiger partial charge in [-0.05, 0) is 35.9 Å². The lowest BCUT2D eigenvalue weighted by Crippen LogP contribution is -2.07. The highest BCUT2D eigenvalue weighted by Gasteiger charge is 2.18. The highest BCUT2D eigenvalue weighted by Crippen LogP contribution is 2.21. The van der Waals surface area contributed by atoms with Crippen molar-refractivity contribution in [2.45, 2.75) is 17.2 Å². The van der Waals surface area contributed by atoms with Gasteiger partial charge in [-0.15, -0.1) is 0 Å². The second-order valence-electron chi connectivity index (χ2n) is 4.56. The third-order valence-electron chi connectivity index (χ3n) is 3.12. The molecular formula is C15H16FNO3S. The van der Waals surface area contributed by atoms with E-state index in [4.69, 9.17) is 10.5 Å². The molecule has 0 aliphatic carbocycles. The smallest absolute Gasteiger partial charge is 0.182 e. The Morgan fingerprint density at radius 3 is 2.33 bits per heavy atom. The fraction of sp³-hybridized carbons (Fsp3) is 0.200. The molecule has 0 saturated carbocycles. The van der Waals surface area contributed by atoms with Crippen molar-refractivity contribution in [3.8, 4) is 5.75 Å². The Morgan fingerprint density at radius 1 is 1.14 bits per heavy atom. The zero-order chi connectivity index (χ0) is 15.5. The summed E-state index contributed by atoms with van der Waals surface area (Å²) in [7, 11) is -2.11. The van der Waals surface area contributed by atoms with E-state index in [1.807, 2.05) is 0 Å². The summed E-state index contributed by atoms with van der Waals surface area (Å²) in [6.07, 6.45) is 0. The standard InChI is InChI=1S/C15H16FNO3S/c1-20-13-4-6-14(7-5-13)21(18,19)10-12-3-2-11(9-17)8-15(12)16/h2-8H,9-10,17H2,1H3. The fourth-order valence-corrected chi connectivity index (χ4v) is 3.27. The average Bonchev–Trinajstić information content (AvgIpc) is 2.49. The fourth-order valence-electron chi connectivity index (χ4n) is 1.91. The molecule has 0 aromatic heterocycles. The average molecular weight is 309 g/mol. The number of methoxy groups -OCH3 is 1. The summed E-state index contributed by atoms with van der Waals surface area (Å²) in [4.78, 5) is 0.130. The second-order valence-corrected chi connectivity index (χ2v) is 6.55. The van der Waals surface area contributed by atoms with Gasteiger partial charge < -0.3 is 10.5 Å². The molecule has 0 amide bonds. The molecule has 2 aromatic rings. The summed E-state index contributed by atoms with van der Waals surface area (Å²) in [5, 5.41) is 0. The Kier molecular flexibility index (Phi) is 4.59. The quantitative estimate of drug-likeness (QED) is 0.920. The van der Waals surface area contributed by atoms with Crippen LogP contribution in [0.3, 0.4) is 0 Å². The molecule has 2 rings (SSSR count). The molecule has 0 unspecified atom stereocenters. The van der Waals surface area contributed by atoms with Crippen LogP contribution in [0, 0.1) is 5.82 Å². The molecule has 0 spiro atoms. The van der Waals surface area contributed by atoms with E-state index >= 15 is 0 Å². The van der Waals surface area contributed by atoms with Crippen LogP contribution in [0.15, 0.2) is 47.4 Å². The predicted molar refractivity (Wildman–Crippen MR) is 78.2 cm³/mol. The maximum Gasteiger partial charge on any atom is 0.182 e. The van der Waals surface area contributed by atoms with Crippen LogP contribution in [0.5, 0.6) is 5.75 Å². The van der Waals surface area contributed by atoms with Crippen LogP contribution in [0.4, 0.5) is 4.39 Å². The number of halogens is 1. The highest BCUT2D eigenvalue weighted by atomic mass is 32.2. The SMILES string of the molecule is COc1ccc(S(=O)(=O)Cc2ccc(CN)cc2F)cc1. The van der Waals surface area contributed by atoms with Crippen molar-refractivity contribution in [2.75, 3.05) is 7.11 Å². The highest BCUT2D eigenvalue weighted by molar-refractivity contribution is 7.90. The second kappa shape index (κ2) is 6.24. The third-order valence-corrected chi connectivity index (χ3v) is 4.80. The van der Waals surface area contributed by atoms with Crippen LogP contribution >= 0.6 is 0 Å². The minimum Gasteiger partial charge on any atom is -0.497 e. The Hall–Kier alpha value is -1.92. The minimum atomic E-state index is -3.61.